The molecule has 1 aliphatic rings. The largest absolute Gasteiger partial charge is 0.507 e. The highest BCUT2D eigenvalue weighted by Crippen LogP contribution is 2.50. The number of esters is 1. The van der Waals surface area contributed by atoms with Crippen molar-refractivity contribution in [3.05, 3.63) is 52.1 Å². The fourth-order valence-corrected chi connectivity index (χ4v) is 4.18. The summed E-state index contributed by atoms with van der Waals surface area (Å²) in [5, 5.41) is 52.0. The second-order valence-corrected chi connectivity index (χ2v) is 10.4. The van der Waals surface area contributed by atoms with Crippen LogP contribution in [0.15, 0.2) is 35.4 Å². The number of hydrogen-bond acceptors (Lipinski definition) is 8. The van der Waals surface area contributed by atoms with Gasteiger partial charge in [-0.25, -0.2) is 4.79 Å². The summed E-state index contributed by atoms with van der Waals surface area (Å²) in [6.07, 6.45) is 7.08. The first-order chi connectivity index (χ1) is 17.3. The van der Waals surface area contributed by atoms with E-state index in [4.69, 9.17) is 9.47 Å². The molecule has 1 aliphatic heterocycles. The number of carbonyl (C=O) groups excluding carboxylic acids is 1. The highest BCUT2D eigenvalue weighted by molar-refractivity contribution is 5.99. The fourth-order valence-electron chi connectivity index (χ4n) is 4.18. The molecule has 5 N–H and O–H groups in total. The third-order valence-electron chi connectivity index (χ3n) is 6.22. The Labute approximate surface area is 217 Å². The van der Waals surface area contributed by atoms with Gasteiger partial charge in [-0.3, -0.25) is 0 Å². The van der Waals surface area contributed by atoms with Gasteiger partial charge in [0, 0.05) is 23.3 Å². The molecule has 2 aromatic carbocycles. The molecule has 200 valence electrons. The fraction of sp³-hybridized carbons (Fsp3) is 0.414. The van der Waals surface area contributed by atoms with Crippen molar-refractivity contribution in [3.8, 4) is 40.2 Å². The molecule has 0 amide bonds. The molecular formula is C29H36O8. The maximum absolute atomic E-state index is 13.1. The van der Waals surface area contributed by atoms with Gasteiger partial charge in [0.05, 0.1) is 5.60 Å². The van der Waals surface area contributed by atoms with E-state index in [9.17, 15) is 30.3 Å². The van der Waals surface area contributed by atoms with Crippen molar-refractivity contribution >= 4 is 5.97 Å². The Morgan fingerprint density at radius 3 is 2.24 bits per heavy atom. The zero-order valence-corrected chi connectivity index (χ0v) is 22.0. The Bertz CT molecular complexity index is 1240. The molecule has 0 aliphatic carbocycles. The smallest absolute Gasteiger partial charge is 0.351 e. The molecule has 8 nitrogen and oxygen atoms in total. The van der Waals surface area contributed by atoms with E-state index < -0.39 is 28.8 Å². The van der Waals surface area contributed by atoms with Gasteiger partial charge in [-0.1, -0.05) is 23.3 Å². The number of benzene rings is 2. The van der Waals surface area contributed by atoms with E-state index in [2.05, 4.69) is 0 Å². The third-order valence-corrected chi connectivity index (χ3v) is 6.22. The lowest BCUT2D eigenvalue weighted by Gasteiger charge is -2.16. The number of hydrogen-bond donors (Lipinski definition) is 5. The molecule has 0 bridgehead atoms. The highest BCUT2D eigenvalue weighted by Gasteiger charge is 2.32. The second kappa shape index (κ2) is 11.2. The Kier molecular flexibility index (Phi) is 8.43. The van der Waals surface area contributed by atoms with Gasteiger partial charge >= 0.3 is 5.97 Å². The van der Waals surface area contributed by atoms with Crippen LogP contribution in [0.1, 0.15) is 81.8 Å². The van der Waals surface area contributed by atoms with E-state index in [0.29, 0.717) is 12.8 Å². The molecule has 0 fully saturated rings. The molecule has 2 aromatic rings. The van der Waals surface area contributed by atoms with Gasteiger partial charge in [0.2, 0.25) is 0 Å². The molecule has 1 heterocycles. The molecule has 0 aromatic heterocycles. The molecule has 0 unspecified atom stereocenters. The Morgan fingerprint density at radius 2 is 1.59 bits per heavy atom. The molecular weight excluding hydrogens is 476 g/mol. The quantitative estimate of drug-likeness (QED) is 0.117. The zero-order valence-electron chi connectivity index (χ0n) is 22.0. The summed E-state index contributed by atoms with van der Waals surface area (Å²) in [7, 11) is 0. The van der Waals surface area contributed by atoms with E-state index in [1.807, 2.05) is 26.8 Å². The number of phenolic OH excluding ortho intramolecular Hbond substituents is 4. The van der Waals surface area contributed by atoms with Gasteiger partial charge in [-0.15, -0.1) is 0 Å². The number of carbonyl (C=O) groups is 1. The van der Waals surface area contributed by atoms with E-state index in [-0.39, 0.29) is 52.5 Å². The van der Waals surface area contributed by atoms with Crippen LogP contribution in [0.4, 0.5) is 0 Å². The Hall–Kier alpha value is -3.65. The van der Waals surface area contributed by atoms with E-state index in [0.717, 1.165) is 30.1 Å². The average molecular weight is 513 g/mol. The van der Waals surface area contributed by atoms with Crippen LogP contribution in [0.25, 0.3) is 0 Å². The zero-order chi connectivity index (χ0) is 27.5. The number of aromatic hydroxyl groups is 4. The van der Waals surface area contributed by atoms with Gasteiger partial charge in [0.1, 0.15) is 22.8 Å². The van der Waals surface area contributed by atoms with E-state index >= 15 is 0 Å². The molecule has 0 atom stereocenters. The molecule has 3 rings (SSSR count). The van der Waals surface area contributed by atoms with Crippen molar-refractivity contribution in [2.24, 2.45) is 0 Å². The van der Waals surface area contributed by atoms with Crippen LogP contribution in [0.5, 0.6) is 40.2 Å². The molecule has 37 heavy (non-hydrogen) atoms. The SMILES string of the molecule is CC(C)=CCc1c(O)c(O)cc2c1OC(=O)c1c(cc(O)c(CCC=C(C)CCCC(C)(C)O)c1O)O2. The van der Waals surface area contributed by atoms with Gasteiger partial charge < -0.3 is 35.0 Å². The lowest BCUT2D eigenvalue weighted by molar-refractivity contribution is 0.0688. The summed E-state index contributed by atoms with van der Waals surface area (Å²) in [6.45, 7) is 9.27. The van der Waals surface area contributed by atoms with Crippen LogP contribution < -0.4 is 9.47 Å². The third kappa shape index (κ3) is 6.77. The summed E-state index contributed by atoms with van der Waals surface area (Å²) in [5.41, 5.74) is 1.46. The molecule has 0 saturated carbocycles. The number of rotatable bonds is 9. The van der Waals surface area contributed by atoms with Crippen LogP contribution in [0.2, 0.25) is 0 Å². The Balaban J connectivity index is 1.88. The summed E-state index contributed by atoms with van der Waals surface area (Å²) < 4.78 is 11.3. The van der Waals surface area contributed by atoms with Crippen molar-refractivity contribution in [1.29, 1.82) is 0 Å². The molecule has 8 heteroatoms. The van der Waals surface area contributed by atoms with E-state index in [1.54, 1.807) is 19.9 Å². The highest BCUT2D eigenvalue weighted by atomic mass is 16.6. The van der Waals surface area contributed by atoms with Crippen LogP contribution in [-0.2, 0) is 12.8 Å². The topological polar surface area (TPSA) is 137 Å². The van der Waals surface area contributed by atoms with Crippen LogP contribution >= 0.6 is 0 Å². The minimum absolute atomic E-state index is 0.0317. The average Bonchev–Trinajstić information content (AvgIpc) is 2.90. The summed E-state index contributed by atoms with van der Waals surface area (Å²) in [6, 6.07) is 2.35. The number of ether oxygens (including phenoxy) is 2. The first-order valence-electron chi connectivity index (χ1n) is 12.4. The minimum atomic E-state index is -0.908. The monoisotopic (exact) mass is 512 g/mol. The number of fused-ring (bicyclic) bond motifs is 2. The van der Waals surface area contributed by atoms with Crippen LogP contribution in [-0.4, -0.2) is 37.1 Å². The van der Waals surface area contributed by atoms with Gasteiger partial charge in [-0.05, 0) is 73.1 Å². The second-order valence-electron chi connectivity index (χ2n) is 10.4. The first-order valence-corrected chi connectivity index (χ1v) is 12.4. The van der Waals surface area contributed by atoms with Gasteiger partial charge in [0.25, 0.3) is 0 Å². The first kappa shape index (κ1) is 27.9. The molecule has 0 spiro atoms. The van der Waals surface area contributed by atoms with Crippen molar-refractivity contribution in [2.45, 2.75) is 78.7 Å². The maximum Gasteiger partial charge on any atom is 0.351 e. The van der Waals surface area contributed by atoms with Crippen molar-refractivity contribution < 1.29 is 39.8 Å². The van der Waals surface area contributed by atoms with Crippen LogP contribution in [0.3, 0.4) is 0 Å². The predicted molar refractivity (Wildman–Crippen MR) is 140 cm³/mol. The number of phenols is 4. The lowest BCUT2D eigenvalue weighted by atomic mass is 9.98. The van der Waals surface area contributed by atoms with Crippen molar-refractivity contribution in [3.63, 3.8) is 0 Å². The molecule has 0 saturated heterocycles. The normalized spacial score (nSPS) is 13.2. The van der Waals surface area contributed by atoms with Gasteiger partial charge in [0.15, 0.2) is 23.0 Å². The summed E-state index contributed by atoms with van der Waals surface area (Å²) in [4.78, 5) is 13.1. The number of aliphatic hydroxyl groups is 1. The van der Waals surface area contributed by atoms with Crippen LogP contribution in [0, 0.1) is 0 Å². The lowest BCUT2D eigenvalue weighted by Crippen LogP contribution is -2.17. The van der Waals surface area contributed by atoms with Gasteiger partial charge in [-0.2, -0.15) is 0 Å². The summed E-state index contributed by atoms with van der Waals surface area (Å²) in [5.74, 6) is -2.71. The van der Waals surface area contributed by atoms with Crippen molar-refractivity contribution in [2.75, 3.05) is 0 Å². The number of allylic oxidation sites excluding steroid dienone is 4. The Morgan fingerprint density at radius 1 is 0.919 bits per heavy atom. The molecule has 0 radical (unpaired) electrons. The summed E-state index contributed by atoms with van der Waals surface area (Å²) >= 11 is 0. The minimum Gasteiger partial charge on any atom is -0.507 e. The van der Waals surface area contributed by atoms with E-state index in [1.165, 1.54) is 6.07 Å². The van der Waals surface area contributed by atoms with Crippen molar-refractivity contribution in [1.82, 2.24) is 0 Å². The maximum atomic E-state index is 13.1. The standard InChI is InChI=1S/C29H36O8/c1-16(2)11-12-19-25(32)21(31)15-23-27(19)37-28(34)24-22(36-23)14-20(30)18(26(24)33)10-6-8-17(3)9-7-13-29(4,5)35/h8,11,14-15,30-33,35H,6-7,9-10,12-13H2,1-5H3. The predicted octanol–water partition coefficient (Wildman–Crippen LogP) is 6.16.